The smallest absolute Gasteiger partial charge is 0.192 e. The molecule has 0 saturated heterocycles. The first-order valence-corrected chi connectivity index (χ1v) is 4.38. The highest BCUT2D eigenvalue weighted by molar-refractivity contribution is 6.06. The molecule has 4 heteroatoms. The Morgan fingerprint density at radius 1 is 1.50 bits per heavy atom. The van der Waals surface area contributed by atoms with Crippen LogP contribution in [0.3, 0.4) is 0 Å². The van der Waals surface area contributed by atoms with Crippen LogP contribution in [0.25, 0.3) is 22.0 Å². The molecule has 4 nitrogen and oxygen atoms in total. The van der Waals surface area contributed by atoms with Crippen LogP contribution in [-0.4, -0.2) is 9.97 Å². The van der Waals surface area contributed by atoms with Crippen LogP contribution >= 0.6 is 0 Å². The number of nitrogen functional groups attached to an aromatic ring is 1. The normalized spacial score (nSPS) is 11.5. The summed E-state index contributed by atoms with van der Waals surface area (Å²) in [6.45, 7) is 1.81. The largest absolute Gasteiger partial charge is 0.439 e. The van der Waals surface area contributed by atoms with E-state index in [0.29, 0.717) is 11.6 Å². The van der Waals surface area contributed by atoms with E-state index in [1.54, 1.807) is 0 Å². The van der Waals surface area contributed by atoms with Crippen LogP contribution < -0.4 is 5.73 Å². The summed E-state index contributed by atoms with van der Waals surface area (Å²) in [4.78, 5) is 7.34. The highest BCUT2D eigenvalue weighted by Gasteiger charge is 2.10. The summed E-state index contributed by atoms with van der Waals surface area (Å²) < 4.78 is 5.50. The number of hydrogen-bond donors (Lipinski definition) is 2. The van der Waals surface area contributed by atoms with Crippen LogP contribution in [0.1, 0.15) is 5.89 Å². The molecule has 0 saturated carbocycles. The minimum absolute atomic E-state index is 0.633. The molecule has 0 bridgehead atoms. The Labute approximate surface area is 79.7 Å². The van der Waals surface area contributed by atoms with Crippen molar-refractivity contribution in [2.75, 3.05) is 5.73 Å². The number of aromatic nitrogens is 2. The molecular formula is C10H9N3O. The fraction of sp³-hybridized carbons (Fsp3) is 0.100. The van der Waals surface area contributed by atoms with Gasteiger partial charge in [-0.05, 0) is 12.1 Å². The van der Waals surface area contributed by atoms with E-state index in [4.69, 9.17) is 10.2 Å². The number of H-pyrrole nitrogens is 1. The zero-order chi connectivity index (χ0) is 9.71. The molecule has 0 fully saturated rings. The minimum atomic E-state index is 0.633. The molecule has 0 aliphatic carbocycles. The van der Waals surface area contributed by atoms with Gasteiger partial charge in [-0.3, -0.25) is 0 Å². The average molecular weight is 187 g/mol. The van der Waals surface area contributed by atoms with E-state index < -0.39 is 0 Å². The van der Waals surface area contributed by atoms with E-state index in [2.05, 4.69) is 9.97 Å². The molecule has 0 spiro atoms. The van der Waals surface area contributed by atoms with Gasteiger partial charge in [0.15, 0.2) is 11.5 Å². The van der Waals surface area contributed by atoms with Gasteiger partial charge < -0.3 is 15.1 Å². The molecule has 2 heterocycles. The lowest BCUT2D eigenvalue weighted by molar-refractivity contribution is 0.563. The van der Waals surface area contributed by atoms with E-state index in [1.807, 2.05) is 25.3 Å². The number of aryl methyl sites for hydroxylation is 1. The number of benzene rings is 1. The van der Waals surface area contributed by atoms with Gasteiger partial charge >= 0.3 is 0 Å². The number of nitrogens with zero attached hydrogens (tertiary/aromatic N) is 1. The van der Waals surface area contributed by atoms with E-state index >= 15 is 0 Å². The monoisotopic (exact) mass is 187 g/mol. The topological polar surface area (TPSA) is 67.8 Å². The standard InChI is InChI=1S/C10H9N3O/c1-5-13-9-7(11)4-6-2-3-12-8(6)10(9)14-5/h2-4,12H,11H2,1H3. The van der Waals surface area contributed by atoms with Crippen molar-refractivity contribution in [1.29, 1.82) is 0 Å². The van der Waals surface area contributed by atoms with Crippen LogP contribution in [0.5, 0.6) is 0 Å². The molecule has 3 aromatic rings. The van der Waals surface area contributed by atoms with Gasteiger partial charge in [-0.25, -0.2) is 4.98 Å². The summed E-state index contributed by atoms with van der Waals surface area (Å²) in [5.74, 6) is 0.633. The van der Waals surface area contributed by atoms with Gasteiger partial charge in [0.2, 0.25) is 0 Å². The highest BCUT2D eigenvalue weighted by atomic mass is 16.3. The first kappa shape index (κ1) is 7.44. The van der Waals surface area contributed by atoms with Crippen molar-refractivity contribution in [3.05, 3.63) is 24.2 Å². The Morgan fingerprint density at radius 3 is 3.21 bits per heavy atom. The number of oxazole rings is 1. The molecule has 1 aromatic carbocycles. The Balaban J connectivity index is 2.65. The first-order chi connectivity index (χ1) is 6.75. The van der Waals surface area contributed by atoms with Crippen LogP contribution in [-0.2, 0) is 0 Å². The molecule has 0 aliphatic heterocycles. The summed E-state index contributed by atoms with van der Waals surface area (Å²) in [6.07, 6.45) is 1.86. The molecule has 3 rings (SSSR count). The van der Waals surface area contributed by atoms with E-state index in [1.165, 1.54) is 0 Å². The molecule has 3 N–H and O–H groups in total. The molecule has 0 atom stereocenters. The van der Waals surface area contributed by atoms with Crippen LogP contribution in [0.15, 0.2) is 22.7 Å². The second-order valence-electron chi connectivity index (χ2n) is 3.32. The van der Waals surface area contributed by atoms with E-state index in [9.17, 15) is 0 Å². The Bertz CT molecular complexity index is 621. The van der Waals surface area contributed by atoms with Gasteiger partial charge in [0.25, 0.3) is 0 Å². The molecule has 14 heavy (non-hydrogen) atoms. The van der Waals surface area contributed by atoms with Gasteiger partial charge in [0, 0.05) is 18.5 Å². The summed E-state index contributed by atoms with van der Waals surface area (Å²) in [5.41, 5.74) is 8.94. The molecule has 0 aliphatic rings. The Hall–Kier alpha value is -1.97. The maximum atomic E-state index is 5.86. The fourth-order valence-corrected chi connectivity index (χ4v) is 1.73. The minimum Gasteiger partial charge on any atom is -0.439 e. The van der Waals surface area contributed by atoms with Crippen molar-refractivity contribution < 1.29 is 4.42 Å². The van der Waals surface area contributed by atoms with Gasteiger partial charge in [-0.15, -0.1) is 0 Å². The van der Waals surface area contributed by atoms with E-state index in [-0.39, 0.29) is 0 Å². The number of hydrogen-bond acceptors (Lipinski definition) is 3. The Kier molecular flexibility index (Phi) is 1.21. The Morgan fingerprint density at radius 2 is 2.36 bits per heavy atom. The van der Waals surface area contributed by atoms with Crippen molar-refractivity contribution in [2.45, 2.75) is 6.92 Å². The summed E-state index contributed by atoms with van der Waals surface area (Å²) in [5, 5.41) is 1.05. The lowest BCUT2D eigenvalue weighted by atomic mass is 10.2. The zero-order valence-corrected chi connectivity index (χ0v) is 7.66. The van der Waals surface area contributed by atoms with Gasteiger partial charge in [-0.1, -0.05) is 0 Å². The summed E-state index contributed by atoms with van der Waals surface area (Å²) in [6, 6.07) is 3.86. The van der Waals surface area contributed by atoms with Crippen LogP contribution in [0.2, 0.25) is 0 Å². The first-order valence-electron chi connectivity index (χ1n) is 4.38. The summed E-state index contributed by atoms with van der Waals surface area (Å²) >= 11 is 0. The van der Waals surface area contributed by atoms with Crippen molar-refractivity contribution in [2.24, 2.45) is 0 Å². The molecule has 0 amide bonds. The number of fused-ring (bicyclic) bond motifs is 3. The quantitative estimate of drug-likeness (QED) is 0.530. The lowest BCUT2D eigenvalue weighted by Crippen LogP contribution is -1.86. The lowest BCUT2D eigenvalue weighted by Gasteiger charge is -1.94. The van der Waals surface area contributed by atoms with Crippen molar-refractivity contribution in [3.8, 4) is 0 Å². The average Bonchev–Trinajstić information content (AvgIpc) is 2.69. The molecule has 70 valence electrons. The zero-order valence-electron chi connectivity index (χ0n) is 7.66. The summed E-state index contributed by atoms with van der Waals surface area (Å²) in [7, 11) is 0. The van der Waals surface area contributed by atoms with Crippen LogP contribution in [0.4, 0.5) is 5.69 Å². The van der Waals surface area contributed by atoms with Gasteiger partial charge in [0.1, 0.15) is 5.52 Å². The van der Waals surface area contributed by atoms with Crippen molar-refractivity contribution in [1.82, 2.24) is 9.97 Å². The van der Waals surface area contributed by atoms with Gasteiger partial charge in [0.05, 0.1) is 11.2 Å². The SMILES string of the molecule is Cc1nc2c(N)cc3cc[nH]c3c2o1. The number of rotatable bonds is 0. The molecular weight excluding hydrogens is 178 g/mol. The van der Waals surface area contributed by atoms with Crippen molar-refractivity contribution >= 4 is 27.7 Å². The number of aromatic amines is 1. The third-order valence-corrected chi connectivity index (χ3v) is 2.32. The van der Waals surface area contributed by atoms with Crippen molar-refractivity contribution in [3.63, 3.8) is 0 Å². The maximum absolute atomic E-state index is 5.86. The molecule has 2 aromatic heterocycles. The predicted molar refractivity (Wildman–Crippen MR) is 55.0 cm³/mol. The number of nitrogens with one attached hydrogen (secondary N) is 1. The fourth-order valence-electron chi connectivity index (χ4n) is 1.73. The third kappa shape index (κ3) is 0.797. The van der Waals surface area contributed by atoms with E-state index in [0.717, 1.165) is 22.0 Å². The van der Waals surface area contributed by atoms with Gasteiger partial charge in [-0.2, -0.15) is 0 Å². The number of nitrogens with two attached hydrogens (primary N) is 1. The third-order valence-electron chi connectivity index (χ3n) is 2.32. The predicted octanol–water partition coefficient (Wildman–Crippen LogP) is 2.20. The molecule has 0 unspecified atom stereocenters. The molecule has 0 radical (unpaired) electrons. The number of anilines is 1. The van der Waals surface area contributed by atoms with Crippen LogP contribution in [0, 0.1) is 6.92 Å². The highest BCUT2D eigenvalue weighted by Crippen LogP contribution is 2.29. The maximum Gasteiger partial charge on any atom is 0.192 e. The second-order valence-corrected chi connectivity index (χ2v) is 3.32. The second kappa shape index (κ2) is 2.29.